The fourth-order valence-electron chi connectivity index (χ4n) is 7.41. The number of aromatic nitrogens is 5. The third-order valence-corrected chi connectivity index (χ3v) is 9.95. The van der Waals surface area contributed by atoms with Gasteiger partial charge in [0.2, 0.25) is 0 Å². The smallest absolute Gasteiger partial charge is 0.453 e. The monoisotopic (exact) mass is 707 g/mol. The number of halogens is 2. The van der Waals surface area contributed by atoms with Gasteiger partial charge in [0, 0.05) is 69.9 Å². The lowest BCUT2D eigenvalue weighted by molar-refractivity contribution is 0.613. The van der Waals surface area contributed by atoms with Gasteiger partial charge in [0.15, 0.2) is 16.8 Å². The molecular formula is C41H36BF2N7O2. The van der Waals surface area contributed by atoms with Gasteiger partial charge >= 0.3 is 7.40 Å². The standard InChI is InChI=1S/C41H36BF2N7O2/c1-7-49(8-2)30-14-16-33-36(20-30)53-37-21-35(52)31-15-11-28(19-32(31)40(37)46-33)34-22-50(48-47-34)29-12-9-27(10-13-29)38(39-23(3)17-25(5)45-39)41-24(4)18-26(6)51(41)42(43)44/h9-22H,7-8H2,1-6H3/b39-38-. The molecule has 0 saturated carbocycles. The summed E-state index contributed by atoms with van der Waals surface area (Å²) in [5.74, 6) is 0.414. The minimum Gasteiger partial charge on any atom is -0.453 e. The van der Waals surface area contributed by atoms with Gasteiger partial charge in [-0.25, -0.2) is 9.67 Å². The highest BCUT2D eigenvalue weighted by molar-refractivity contribution is 6.41. The Labute approximate surface area is 305 Å². The van der Waals surface area contributed by atoms with Crippen molar-refractivity contribution in [1.29, 1.82) is 0 Å². The number of nitrogens with zero attached hydrogens (tertiary/aromatic N) is 7. The third kappa shape index (κ3) is 5.84. The Morgan fingerprint density at radius 2 is 1.68 bits per heavy atom. The zero-order chi connectivity index (χ0) is 37.1. The molecular weight excluding hydrogens is 671 g/mol. The number of benzene rings is 4. The van der Waals surface area contributed by atoms with Crippen molar-refractivity contribution in [2.75, 3.05) is 18.0 Å². The van der Waals surface area contributed by atoms with Gasteiger partial charge in [-0.15, -0.1) is 5.10 Å². The van der Waals surface area contributed by atoms with E-state index in [0.717, 1.165) is 56.9 Å². The van der Waals surface area contributed by atoms with Crippen molar-refractivity contribution in [2.45, 2.75) is 41.5 Å². The maximum absolute atomic E-state index is 14.4. The van der Waals surface area contributed by atoms with Gasteiger partial charge in [-0.3, -0.25) is 18.4 Å². The lowest BCUT2D eigenvalue weighted by Gasteiger charge is -2.21. The average molecular weight is 708 g/mol. The topological polar surface area (TPSA) is 94.3 Å². The van der Waals surface area contributed by atoms with E-state index in [1.807, 2.05) is 87.6 Å². The van der Waals surface area contributed by atoms with Gasteiger partial charge < -0.3 is 13.8 Å². The fraction of sp³-hybridized carbons (Fsp3) is 0.195. The molecule has 0 N–H and O–H groups in total. The van der Waals surface area contributed by atoms with Crippen LogP contribution in [0.3, 0.4) is 0 Å². The SMILES string of the molecule is CCN(CC)c1ccc2nc3c4cc(-c5cn(-c6ccc(/C(=C7/N=C(C)C=C7C)c7c(C)cc(C)n7B(F)F)cc6)nn5)ccc4c(=O)cc-3oc2c1. The van der Waals surface area contributed by atoms with Crippen molar-refractivity contribution in [3.05, 3.63) is 129 Å². The van der Waals surface area contributed by atoms with E-state index in [9.17, 15) is 13.4 Å². The maximum atomic E-state index is 14.4. The Morgan fingerprint density at radius 3 is 2.38 bits per heavy atom. The number of aryl methyl sites for hydroxylation is 2. The molecule has 0 spiro atoms. The van der Waals surface area contributed by atoms with Gasteiger partial charge in [-0.05, 0) is 107 Å². The molecule has 12 heteroatoms. The fourth-order valence-corrected chi connectivity index (χ4v) is 7.41. The molecule has 0 radical (unpaired) electrons. The summed E-state index contributed by atoms with van der Waals surface area (Å²) in [6.45, 7) is 13.3. The van der Waals surface area contributed by atoms with Crippen LogP contribution >= 0.6 is 0 Å². The Bertz CT molecular complexity index is 2700. The van der Waals surface area contributed by atoms with E-state index in [1.165, 1.54) is 6.07 Å². The highest BCUT2D eigenvalue weighted by Crippen LogP contribution is 2.38. The van der Waals surface area contributed by atoms with Crippen LogP contribution in [0.25, 0.3) is 55.8 Å². The summed E-state index contributed by atoms with van der Waals surface area (Å²) in [4.78, 5) is 25.1. The largest absolute Gasteiger partial charge is 0.677 e. The summed E-state index contributed by atoms with van der Waals surface area (Å²) in [5.41, 5.74) is 10.3. The molecule has 5 aromatic rings. The van der Waals surface area contributed by atoms with Gasteiger partial charge in [0.25, 0.3) is 0 Å². The minimum absolute atomic E-state index is 0.155. The lowest BCUT2D eigenvalue weighted by atomic mass is 9.94. The first kappa shape index (κ1) is 33.9. The van der Waals surface area contributed by atoms with Gasteiger partial charge in [0.1, 0.15) is 16.9 Å². The number of rotatable bonds is 8. The van der Waals surface area contributed by atoms with Crippen molar-refractivity contribution in [3.63, 3.8) is 0 Å². The van der Waals surface area contributed by atoms with Crippen molar-refractivity contribution < 1.29 is 13.0 Å². The normalized spacial score (nSPS) is 14.0. The van der Waals surface area contributed by atoms with Gasteiger partial charge in [0.05, 0.1) is 17.6 Å². The van der Waals surface area contributed by atoms with E-state index in [0.29, 0.717) is 61.7 Å². The predicted molar refractivity (Wildman–Crippen MR) is 208 cm³/mol. The number of allylic oxidation sites excluding steroid dienone is 2. The van der Waals surface area contributed by atoms with Crippen LogP contribution in [0.15, 0.2) is 111 Å². The molecule has 2 aromatic heterocycles. The molecule has 3 aromatic carbocycles. The molecule has 0 atom stereocenters. The molecule has 4 heterocycles. The number of anilines is 1. The van der Waals surface area contributed by atoms with E-state index in [-0.39, 0.29) is 5.43 Å². The van der Waals surface area contributed by atoms with Crippen molar-refractivity contribution in [3.8, 4) is 28.4 Å². The van der Waals surface area contributed by atoms with E-state index in [4.69, 9.17) is 14.4 Å². The Balaban J connectivity index is 1.16. The van der Waals surface area contributed by atoms with Crippen molar-refractivity contribution in [1.82, 2.24) is 24.5 Å². The first-order valence-electron chi connectivity index (χ1n) is 17.6. The van der Waals surface area contributed by atoms with E-state index in [2.05, 4.69) is 29.1 Å². The number of hydrogen-bond acceptors (Lipinski definition) is 7. The third-order valence-electron chi connectivity index (χ3n) is 9.95. The van der Waals surface area contributed by atoms with Crippen LogP contribution in [0.4, 0.5) is 14.3 Å². The first-order valence-corrected chi connectivity index (χ1v) is 17.6. The zero-order valence-electron chi connectivity index (χ0n) is 30.3. The van der Waals surface area contributed by atoms with Crippen LogP contribution in [-0.2, 0) is 0 Å². The van der Waals surface area contributed by atoms with Crippen LogP contribution < -0.4 is 10.3 Å². The molecule has 0 amide bonds. The highest BCUT2D eigenvalue weighted by Gasteiger charge is 2.29. The average Bonchev–Trinajstić information content (AvgIpc) is 3.85. The van der Waals surface area contributed by atoms with Crippen LogP contribution in [0, 0.1) is 13.8 Å². The number of fused-ring (bicyclic) bond motifs is 4. The van der Waals surface area contributed by atoms with Crippen LogP contribution in [0.5, 0.6) is 0 Å². The second-order valence-corrected chi connectivity index (χ2v) is 13.4. The highest BCUT2D eigenvalue weighted by atomic mass is 19.2. The lowest BCUT2D eigenvalue weighted by Crippen LogP contribution is -2.21. The molecule has 0 unspecified atom stereocenters. The molecule has 1 aliphatic carbocycles. The van der Waals surface area contributed by atoms with Crippen LogP contribution in [0.1, 0.15) is 50.2 Å². The van der Waals surface area contributed by atoms with E-state index in [1.54, 1.807) is 23.7 Å². The summed E-state index contributed by atoms with van der Waals surface area (Å²) >= 11 is 0. The number of aliphatic imine (C=N–C) groups is 1. The summed E-state index contributed by atoms with van der Waals surface area (Å²) in [6.07, 6.45) is 3.77. The molecule has 9 nitrogen and oxygen atoms in total. The van der Waals surface area contributed by atoms with Crippen LogP contribution in [0.2, 0.25) is 0 Å². The molecule has 2 aliphatic heterocycles. The number of hydrogen-bond donors (Lipinski definition) is 0. The Hall–Kier alpha value is -6.17. The minimum atomic E-state index is -2.71. The summed E-state index contributed by atoms with van der Waals surface area (Å²) in [5, 5.41) is 10.1. The Morgan fingerprint density at radius 1 is 0.906 bits per heavy atom. The molecule has 0 saturated heterocycles. The molecule has 3 aliphatic rings. The Kier molecular flexibility index (Phi) is 8.40. The summed E-state index contributed by atoms with van der Waals surface area (Å²) in [6, 6.07) is 22.3. The van der Waals surface area contributed by atoms with Crippen molar-refractivity contribution >= 4 is 46.2 Å². The van der Waals surface area contributed by atoms with E-state index >= 15 is 0 Å². The van der Waals surface area contributed by atoms with Gasteiger partial charge in [-0.1, -0.05) is 23.4 Å². The zero-order valence-corrected chi connectivity index (χ0v) is 30.3. The molecule has 264 valence electrons. The predicted octanol–water partition coefficient (Wildman–Crippen LogP) is 8.91. The maximum Gasteiger partial charge on any atom is 0.677 e. The molecule has 0 bridgehead atoms. The van der Waals surface area contributed by atoms with E-state index < -0.39 is 7.40 Å². The quantitative estimate of drug-likeness (QED) is 0.0890. The second kappa shape index (κ2) is 13.1. The summed E-state index contributed by atoms with van der Waals surface area (Å²) < 4.78 is 37.8. The molecule has 8 rings (SSSR count). The van der Waals surface area contributed by atoms with Gasteiger partial charge in [-0.2, -0.15) is 0 Å². The molecule has 53 heavy (non-hydrogen) atoms. The second-order valence-electron chi connectivity index (χ2n) is 13.4. The van der Waals surface area contributed by atoms with Crippen LogP contribution in [-0.4, -0.2) is 50.7 Å². The summed E-state index contributed by atoms with van der Waals surface area (Å²) in [7, 11) is -2.71. The first-order chi connectivity index (χ1) is 25.5. The van der Waals surface area contributed by atoms with Crippen molar-refractivity contribution in [2.24, 2.45) is 4.99 Å². The molecule has 0 fully saturated rings.